The second-order valence-corrected chi connectivity index (χ2v) is 12.5. The first-order valence-corrected chi connectivity index (χ1v) is 17.4. The molecular formula is C42H64N2O. The molecule has 0 saturated carbocycles. The minimum Gasteiger partial charge on any atom is -0.323 e. The average molecular weight is 613 g/mol. The summed E-state index contributed by atoms with van der Waals surface area (Å²) in [6.45, 7) is 20.2. The molecule has 0 radical (unpaired) electrons. The molecule has 0 bridgehead atoms. The standard InChI is InChI=1S/C29H41NO.C11H16.C2H7N/c1-6-9-11-14-25(13-10-7-2)18-20-30-19-17-24(5)28(22-30)27-21-26(16-15-23(27)4)29(31)12-8-3;1-3-10(2)9-11-7-5-4-6-8-11;1-3-2/h7,10,13-16,21H,2,6,8-9,11-12,17-20,22H2,1,3-5H3;4-8,10H,3,9H2,1-2H3;3H,1-2H3/b13-10-,25-14+;;/t;10-;/m.0./s1. The number of allylic oxidation sites excluding steroid dienone is 4. The van der Waals surface area contributed by atoms with Crippen LogP contribution in [0.25, 0.3) is 5.57 Å². The maximum atomic E-state index is 12.5. The van der Waals surface area contributed by atoms with Crippen molar-refractivity contribution in [2.45, 2.75) is 99.3 Å². The van der Waals surface area contributed by atoms with Crippen LogP contribution < -0.4 is 5.32 Å². The topological polar surface area (TPSA) is 32.3 Å². The fraction of sp³-hybridized carbons (Fsp3) is 0.500. The van der Waals surface area contributed by atoms with Crippen molar-refractivity contribution < 1.29 is 4.79 Å². The van der Waals surface area contributed by atoms with E-state index in [-0.39, 0.29) is 5.78 Å². The molecule has 3 nitrogen and oxygen atoms in total. The van der Waals surface area contributed by atoms with Crippen LogP contribution in [0.2, 0.25) is 0 Å². The largest absolute Gasteiger partial charge is 0.323 e. The van der Waals surface area contributed by atoms with Gasteiger partial charge in [0.25, 0.3) is 0 Å². The zero-order valence-electron chi connectivity index (χ0n) is 30.1. The third-order valence-electron chi connectivity index (χ3n) is 8.31. The molecule has 45 heavy (non-hydrogen) atoms. The molecule has 1 heterocycles. The number of ketones is 1. The highest BCUT2D eigenvalue weighted by Crippen LogP contribution is 2.30. The number of benzene rings is 2. The van der Waals surface area contributed by atoms with E-state index >= 15 is 0 Å². The van der Waals surface area contributed by atoms with Gasteiger partial charge in [-0.1, -0.05) is 131 Å². The molecule has 2 aromatic rings. The molecule has 0 amide bonds. The maximum absolute atomic E-state index is 12.5. The smallest absolute Gasteiger partial charge is 0.162 e. The average Bonchev–Trinajstić information content (AvgIpc) is 3.04. The summed E-state index contributed by atoms with van der Waals surface area (Å²) in [5.41, 5.74) is 9.12. The van der Waals surface area contributed by atoms with Crippen LogP contribution in [0, 0.1) is 12.8 Å². The highest BCUT2D eigenvalue weighted by Gasteiger charge is 2.20. The molecule has 0 saturated heterocycles. The highest BCUT2D eigenvalue weighted by molar-refractivity contribution is 5.97. The maximum Gasteiger partial charge on any atom is 0.162 e. The number of hydrogen-bond donors (Lipinski definition) is 1. The third kappa shape index (κ3) is 16.2. The van der Waals surface area contributed by atoms with Gasteiger partial charge in [-0.15, -0.1) is 0 Å². The summed E-state index contributed by atoms with van der Waals surface area (Å²) in [7, 11) is 3.75. The van der Waals surface area contributed by atoms with Gasteiger partial charge < -0.3 is 5.32 Å². The van der Waals surface area contributed by atoms with Gasteiger partial charge in [0, 0.05) is 31.6 Å². The van der Waals surface area contributed by atoms with Crippen molar-refractivity contribution >= 4 is 11.4 Å². The van der Waals surface area contributed by atoms with Crippen LogP contribution in [-0.4, -0.2) is 44.4 Å². The Kier molecular flexibility index (Phi) is 21.6. The lowest BCUT2D eigenvalue weighted by molar-refractivity contribution is 0.0981. The summed E-state index contributed by atoms with van der Waals surface area (Å²) in [5, 5.41) is 2.75. The van der Waals surface area contributed by atoms with E-state index < -0.39 is 0 Å². The number of rotatable bonds is 15. The Labute approximate surface area is 277 Å². The van der Waals surface area contributed by atoms with E-state index in [0.29, 0.717) is 6.42 Å². The van der Waals surface area contributed by atoms with Gasteiger partial charge in [0.05, 0.1) is 0 Å². The molecular weight excluding hydrogens is 548 g/mol. The summed E-state index contributed by atoms with van der Waals surface area (Å²) in [6.07, 6.45) is 18.3. The van der Waals surface area contributed by atoms with Crippen molar-refractivity contribution in [1.29, 1.82) is 0 Å². The van der Waals surface area contributed by atoms with E-state index in [2.05, 4.69) is 113 Å². The van der Waals surface area contributed by atoms with Gasteiger partial charge in [0.15, 0.2) is 5.78 Å². The van der Waals surface area contributed by atoms with Crippen LogP contribution in [0.1, 0.15) is 113 Å². The van der Waals surface area contributed by atoms with E-state index in [1.165, 1.54) is 59.1 Å². The first kappa shape index (κ1) is 40.0. The van der Waals surface area contributed by atoms with Crippen molar-refractivity contribution in [3.05, 3.63) is 113 Å². The number of carbonyl (C=O) groups excluding carboxylic acids is 1. The molecule has 0 fully saturated rings. The van der Waals surface area contributed by atoms with E-state index in [0.717, 1.165) is 56.8 Å². The molecule has 248 valence electrons. The van der Waals surface area contributed by atoms with Gasteiger partial charge in [0.1, 0.15) is 0 Å². The van der Waals surface area contributed by atoms with E-state index in [4.69, 9.17) is 0 Å². The fourth-order valence-corrected chi connectivity index (χ4v) is 5.30. The number of hydrogen-bond acceptors (Lipinski definition) is 3. The second kappa shape index (κ2) is 24.3. The number of carbonyl (C=O) groups is 1. The third-order valence-corrected chi connectivity index (χ3v) is 8.31. The van der Waals surface area contributed by atoms with Gasteiger partial charge >= 0.3 is 0 Å². The molecule has 0 unspecified atom stereocenters. The number of Topliss-reactive ketones (excluding diaryl/α,β-unsaturated/α-hetero) is 1. The molecule has 1 N–H and O–H groups in total. The van der Waals surface area contributed by atoms with Crippen LogP contribution in [-0.2, 0) is 6.42 Å². The van der Waals surface area contributed by atoms with Crippen LogP contribution in [0.4, 0.5) is 0 Å². The molecule has 0 aliphatic carbocycles. The Balaban J connectivity index is 0.000000598. The lowest BCUT2D eigenvalue weighted by Gasteiger charge is -2.31. The lowest BCUT2D eigenvalue weighted by Crippen LogP contribution is -2.32. The summed E-state index contributed by atoms with van der Waals surface area (Å²) < 4.78 is 0. The Hall–Kier alpha value is -3.01. The molecule has 2 aromatic carbocycles. The molecule has 3 heteroatoms. The van der Waals surface area contributed by atoms with Crippen molar-refractivity contribution in [2.24, 2.45) is 5.92 Å². The molecule has 0 spiro atoms. The van der Waals surface area contributed by atoms with Crippen LogP contribution in [0.5, 0.6) is 0 Å². The van der Waals surface area contributed by atoms with Gasteiger partial charge in [0.2, 0.25) is 0 Å². The highest BCUT2D eigenvalue weighted by atomic mass is 16.1. The predicted octanol–water partition coefficient (Wildman–Crippen LogP) is 10.8. The quantitative estimate of drug-likeness (QED) is 0.123. The zero-order chi connectivity index (χ0) is 33.5. The number of nitrogens with one attached hydrogen (secondary N) is 1. The van der Waals surface area contributed by atoms with Crippen molar-refractivity contribution in [3.8, 4) is 0 Å². The molecule has 0 aromatic heterocycles. The minimum absolute atomic E-state index is 0.255. The second-order valence-electron chi connectivity index (χ2n) is 12.5. The van der Waals surface area contributed by atoms with E-state index in [9.17, 15) is 4.79 Å². The Morgan fingerprint density at radius 3 is 2.36 bits per heavy atom. The SMILES string of the molecule is C=C/C=C\C(=C/CCCC)CCN1CCC(C)=C(c2cc(C(=O)CCC)ccc2C)C1.CC[C@H](C)Cc1ccccc1.CNC. The Morgan fingerprint density at radius 1 is 1.02 bits per heavy atom. The summed E-state index contributed by atoms with van der Waals surface area (Å²) in [6, 6.07) is 16.9. The minimum atomic E-state index is 0.255. The molecule has 1 atom stereocenters. The van der Waals surface area contributed by atoms with Gasteiger partial charge in [-0.2, -0.15) is 0 Å². The molecule has 1 aliphatic heterocycles. The van der Waals surface area contributed by atoms with Gasteiger partial charge in [-0.3, -0.25) is 9.69 Å². The van der Waals surface area contributed by atoms with Crippen molar-refractivity contribution in [3.63, 3.8) is 0 Å². The van der Waals surface area contributed by atoms with Crippen LogP contribution >= 0.6 is 0 Å². The van der Waals surface area contributed by atoms with E-state index in [1.54, 1.807) is 0 Å². The normalized spacial score (nSPS) is 14.4. The summed E-state index contributed by atoms with van der Waals surface area (Å²) >= 11 is 0. The molecule has 3 rings (SSSR count). The fourth-order valence-electron chi connectivity index (χ4n) is 5.30. The predicted molar refractivity (Wildman–Crippen MR) is 200 cm³/mol. The zero-order valence-corrected chi connectivity index (χ0v) is 30.1. The van der Waals surface area contributed by atoms with Gasteiger partial charge in [-0.05, 0) is 94.3 Å². The number of aryl methyl sites for hydroxylation is 1. The van der Waals surface area contributed by atoms with Crippen molar-refractivity contribution in [1.82, 2.24) is 10.2 Å². The Bertz CT molecular complexity index is 1200. The first-order valence-electron chi connectivity index (χ1n) is 17.4. The Morgan fingerprint density at radius 2 is 1.73 bits per heavy atom. The molecule has 1 aliphatic rings. The lowest BCUT2D eigenvalue weighted by atomic mass is 9.89. The monoisotopic (exact) mass is 613 g/mol. The number of nitrogens with zero attached hydrogens (tertiary/aromatic N) is 1. The van der Waals surface area contributed by atoms with Crippen LogP contribution in [0.3, 0.4) is 0 Å². The number of unbranched alkanes of at least 4 members (excludes halogenated alkanes) is 2. The van der Waals surface area contributed by atoms with Crippen molar-refractivity contribution in [2.75, 3.05) is 33.7 Å². The first-order chi connectivity index (χ1) is 21.7. The van der Waals surface area contributed by atoms with Crippen LogP contribution in [0.15, 0.2) is 90.6 Å². The van der Waals surface area contributed by atoms with E-state index in [1.807, 2.05) is 32.3 Å². The van der Waals surface area contributed by atoms with Gasteiger partial charge in [-0.25, -0.2) is 0 Å². The summed E-state index contributed by atoms with van der Waals surface area (Å²) in [4.78, 5) is 15.0. The summed E-state index contributed by atoms with van der Waals surface area (Å²) in [5.74, 6) is 1.07.